The van der Waals surface area contributed by atoms with Gasteiger partial charge in [-0.15, -0.1) is 0 Å². The fourth-order valence-electron chi connectivity index (χ4n) is 1.56. The maximum absolute atomic E-state index is 10.2. The summed E-state index contributed by atoms with van der Waals surface area (Å²) in [5, 5.41) is 26.3. The van der Waals surface area contributed by atoms with Gasteiger partial charge in [-0.25, -0.2) is 0 Å². The molecule has 21 heavy (non-hydrogen) atoms. The van der Waals surface area contributed by atoms with Crippen LogP contribution in [0.4, 0.5) is 5.69 Å². The summed E-state index contributed by atoms with van der Waals surface area (Å²) in [6.45, 7) is 0. The lowest BCUT2D eigenvalue weighted by Gasteiger charge is -2.11. The second-order valence-corrected chi connectivity index (χ2v) is 4.65. The van der Waals surface area contributed by atoms with E-state index in [9.17, 15) is 4.79 Å². The number of aliphatic carboxylic acids is 1. The summed E-state index contributed by atoms with van der Waals surface area (Å²) in [5.74, 6) is -0.402. The van der Waals surface area contributed by atoms with Crippen LogP contribution in [0.5, 0.6) is 11.5 Å². The Morgan fingerprint density at radius 3 is 2.05 bits per heavy atom. The van der Waals surface area contributed by atoms with E-state index in [0.29, 0.717) is 11.3 Å². The van der Waals surface area contributed by atoms with Gasteiger partial charge in [0.1, 0.15) is 11.5 Å². The number of hydrogen-bond acceptors (Lipinski definition) is 4. The van der Waals surface area contributed by atoms with Crippen molar-refractivity contribution in [3.63, 3.8) is 0 Å². The van der Waals surface area contributed by atoms with E-state index in [1.807, 2.05) is 31.1 Å². The Bertz CT molecular complexity index is 579. The van der Waals surface area contributed by atoms with Gasteiger partial charge in [-0.3, -0.25) is 4.79 Å². The van der Waals surface area contributed by atoms with Crippen LogP contribution in [0.25, 0.3) is 0 Å². The maximum atomic E-state index is 10.2. The summed E-state index contributed by atoms with van der Waals surface area (Å²) in [5.41, 5.74) is 1.70. The monoisotopic (exact) mass is 289 g/mol. The Morgan fingerprint density at radius 1 is 1.00 bits per heavy atom. The number of aromatic hydroxyl groups is 2. The molecule has 2 aromatic rings. The predicted molar refractivity (Wildman–Crippen MR) is 81.9 cm³/mol. The van der Waals surface area contributed by atoms with E-state index < -0.39 is 5.97 Å². The summed E-state index contributed by atoms with van der Waals surface area (Å²) in [7, 11) is 3.88. The minimum Gasteiger partial charge on any atom is -0.508 e. The molecule has 0 heterocycles. The zero-order valence-electron chi connectivity index (χ0n) is 12.0. The average Bonchev–Trinajstić information content (AvgIpc) is 2.41. The average molecular weight is 289 g/mol. The Labute approximate surface area is 123 Å². The summed E-state index contributed by atoms with van der Waals surface area (Å²) in [6.07, 6.45) is 0.000278. The van der Waals surface area contributed by atoms with Crippen molar-refractivity contribution >= 4 is 11.7 Å². The van der Waals surface area contributed by atoms with E-state index in [0.717, 1.165) is 5.69 Å². The smallest absolute Gasteiger partial charge is 0.307 e. The molecule has 0 radical (unpaired) electrons. The normalized spacial score (nSPS) is 9.43. The summed E-state index contributed by atoms with van der Waals surface area (Å²) in [4.78, 5) is 12.1. The SMILES string of the molecule is CN(C)c1cccc(O)c1.O=C(O)Cc1ccc(O)cc1. The van der Waals surface area contributed by atoms with Gasteiger partial charge in [-0.2, -0.15) is 0 Å². The molecule has 3 N–H and O–H groups in total. The molecule has 2 rings (SSSR count). The molecule has 0 spiro atoms. The number of phenolic OH excluding ortho intramolecular Hbond substituents is 2. The van der Waals surface area contributed by atoms with Gasteiger partial charge in [0.15, 0.2) is 0 Å². The lowest BCUT2D eigenvalue weighted by molar-refractivity contribution is -0.136. The fraction of sp³-hybridized carbons (Fsp3) is 0.188. The van der Waals surface area contributed by atoms with E-state index in [2.05, 4.69) is 0 Å². The third-order valence-electron chi connectivity index (χ3n) is 2.64. The molecule has 0 aliphatic heterocycles. The second kappa shape index (κ2) is 7.79. The number of carboxylic acid groups (broad SMARTS) is 1. The molecule has 0 saturated carbocycles. The fourth-order valence-corrected chi connectivity index (χ4v) is 1.56. The standard InChI is InChI=1S/C8H11NO.C8H8O3/c1-9(2)7-4-3-5-8(10)6-7;9-7-3-1-6(2-4-7)5-8(10)11/h3-6,10H,1-2H3;1-4,9H,5H2,(H,10,11). The largest absolute Gasteiger partial charge is 0.508 e. The van der Waals surface area contributed by atoms with Gasteiger partial charge in [-0.05, 0) is 29.8 Å². The predicted octanol–water partition coefficient (Wildman–Crippen LogP) is 2.48. The summed E-state index contributed by atoms with van der Waals surface area (Å²) >= 11 is 0. The molecule has 0 fully saturated rings. The van der Waals surface area contributed by atoms with Crippen LogP contribution < -0.4 is 4.90 Å². The highest BCUT2D eigenvalue weighted by Crippen LogP contribution is 2.17. The molecule has 0 saturated heterocycles. The number of nitrogens with zero attached hydrogens (tertiary/aromatic N) is 1. The molecule has 0 amide bonds. The molecule has 0 aromatic heterocycles. The van der Waals surface area contributed by atoms with E-state index in [-0.39, 0.29) is 12.2 Å². The first-order valence-electron chi connectivity index (χ1n) is 6.34. The van der Waals surface area contributed by atoms with Crippen LogP contribution >= 0.6 is 0 Å². The van der Waals surface area contributed by atoms with Crippen molar-refractivity contribution in [2.45, 2.75) is 6.42 Å². The molecule has 0 bridgehead atoms. The van der Waals surface area contributed by atoms with E-state index in [1.165, 1.54) is 12.1 Å². The molecule has 0 atom stereocenters. The number of rotatable bonds is 3. The lowest BCUT2D eigenvalue weighted by atomic mass is 10.1. The Hall–Kier alpha value is -2.69. The third kappa shape index (κ3) is 6.33. The van der Waals surface area contributed by atoms with Gasteiger partial charge in [0, 0.05) is 25.8 Å². The van der Waals surface area contributed by atoms with Crippen molar-refractivity contribution < 1.29 is 20.1 Å². The number of carboxylic acids is 1. The van der Waals surface area contributed by atoms with Crippen molar-refractivity contribution in [1.29, 1.82) is 0 Å². The van der Waals surface area contributed by atoms with Crippen molar-refractivity contribution in [1.82, 2.24) is 0 Å². The Balaban J connectivity index is 0.000000211. The summed E-state index contributed by atoms with van der Waals surface area (Å²) < 4.78 is 0. The number of benzene rings is 2. The number of anilines is 1. The minimum atomic E-state index is -0.865. The molecule has 112 valence electrons. The van der Waals surface area contributed by atoms with Crippen LogP contribution in [-0.4, -0.2) is 35.4 Å². The lowest BCUT2D eigenvalue weighted by Crippen LogP contribution is -2.07. The molecule has 5 heteroatoms. The van der Waals surface area contributed by atoms with Gasteiger partial charge in [0.25, 0.3) is 0 Å². The number of carbonyl (C=O) groups is 1. The van der Waals surface area contributed by atoms with Crippen molar-refractivity contribution in [3.8, 4) is 11.5 Å². The van der Waals surface area contributed by atoms with Gasteiger partial charge < -0.3 is 20.2 Å². The highest BCUT2D eigenvalue weighted by molar-refractivity contribution is 5.70. The summed E-state index contributed by atoms with van der Waals surface area (Å²) in [6, 6.07) is 13.3. The molecule has 5 nitrogen and oxygen atoms in total. The topological polar surface area (TPSA) is 81.0 Å². The number of phenols is 2. The minimum absolute atomic E-state index is 0.000278. The zero-order valence-corrected chi connectivity index (χ0v) is 12.0. The van der Waals surface area contributed by atoms with Crippen molar-refractivity contribution in [3.05, 3.63) is 54.1 Å². The second-order valence-electron chi connectivity index (χ2n) is 4.65. The van der Waals surface area contributed by atoms with E-state index in [1.54, 1.807) is 24.3 Å². The first-order valence-corrected chi connectivity index (χ1v) is 6.34. The first kappa shape index (κ1) is 16.4. The molecular weight excluding hydrogens is 270 g/mol. The molecule has 0 aliphatic carbocycles. The van der Waals surface area contributed by atoms with Gasteiger partial charge >= 0.3 is 5.97 Å². The van der Waals surface area contributed by atoms with Crippen LogP contribution in [0.3, 0.4) is 0 Å². The quantitative estimate of drug-likeness (QED) is 0.808. The van der Waals surface area contributed by atoms with Gasteiger partial charge in [-0.1, -0.05) is 18.2 Å². The van der Waals surface area contributed by atoms with Crippen LogP contribution in [0.1, 0.15) is 5.56 Å². The first-order chi connectivity index (χ1) is 9.88. The molecule has 0 aliphatic rings. The maximum Gasteiger partial charge on any atom is 0.307 e. The molecule has 2 aromatic carbocycles. The Morgan fingerprint density at radius 2 is 1.62 bits per heavy atom. The van der Waals surface area contributed by atoms with Crippen LogP contribution in [0, 0.1) is 0 Å². The van der Waals surface area contributed by atoms with Crippen LogP contribution in [0.15, 0.2) is 48.5 Å². The van der Waals surface area contributed by atoms with Gasteiger partial charge in [0.2, 0.25) is 0 Å². The highest BCUT2D eigenvalue weighted by atomic mass is 16.4. The van der Waals surface area contributed by atoms with E-state index in [4.69, 9.17) is 15.3 Å². The van der Waals surface area contributed by atoms with Crippen LogP contribution in [0.2, 0.25) is 0 Å². The Kier molecular flexibility index (Phi) is 6.07. The molecular formula is C16H19NO4. The number of hydrogen-bond donors (Lipinski definition) is 3. The highest BCUT2D eigenvalue weighted by Gasteiger charge is 1.98. The van der Waals surface area contributed by atoms with Gasteiger partial charge in [0.05, 0.1) is 6.42 Å². The van der Waals surface area contributed by atoms with Crippen molar-refractivity contribution in [2.24, 2.45) is 0 Å². The third-order valence-corrected chi connectivity index (χ3v) is 2.64. The molecule has 0 unspecified atom stereocenters. The van der Waals surface area contributed by atoms with Crippen LogP contribution in [-0.2, 0) is 11.2 Å². The zero-order chi connectivity index (χ0) is 15.8. The van der Waals surface area contributed by atoms with E-state index >= 15 is 0 Å². The van der Waals surface area contributed by atoms with Crippen molar-refractivity contribution in [2.75, 3.05) is 19.0 Å².